The monoisotopic (exact) mass is 259 g/mol. The third kappa shape index (κ3) is 2.17. The Bertz CT molecular complexity index is 663. The van der Waals surface area contributed by atoms with Gasteiger partial charge in [0.2, 0.25) is 0 Å². The number of carbonyl (C=O) groups is 1. The number of carbonyl (C=O) groups excluding carboxylic acids is 1. The lowest BCUT2D eigenvalue weighted by molar-refractivity contribution is -0.852. The molecule has 0 amide bonds. The van der Waals surface area contributed by atoms with E-state index in [1.54, 1.807) is 0 Å². The van der Waals surface area contributed by atoms with Crippen LogP contribution in [0.25, 0.3) is 5.65 Å². The lowest BCUT2D eigenvalue weighted by Gasteiger charge is -2.04. The van der Waals surface area contributed by atoms with Gasteiger partial charge in [-0.2, -0.15) is 17.6 Å². The third-order valence-electron chi connectivity index (χ3n) is 2.07. The summed E-state index contributed by atoms with van der Waals surface area (Å²) in [6, 6.07) is 5.33. The Labute approximate surface area is 97.6 Å². The van der Waals surface area contributed by atoms with Crippen LogP contribution in [0.5, 0.6) is 0 Å². The van der Waals surface area contributed by atoms with E-state index in [2.05, 4.69) is 4.84 Å². The summed E-state index contributed by atoms with van der Waals surface area (Å²) < 4.78 is 37.8. The van der Waals surface area contributed by atoms with E-state index in [1.807, 2.05) is 0 Å². The first-order valence-electron chi connectivity index (χ1n) is 4.71. The maximum Gasteiger partial charge on any atom is 0.495 e. The van der Waals surface area contributed by atoms with Crippen molar-refractivity contribution in [2.24, 2.45) is 0 Å². The van der Waals surface area contributed by atoms with Gasteiger partial charge in [0.25, 0.3) is 0 Å². The summed E-state index contributed by atoms with van der Waals surface area (Å²) in [5, 5.41) is 0. The average molecular weight is 259 g/mol. The fourth-order valence-electron chi connectivity index (χ4n) is 1.31. The van der Waals surface area contributed by atoms with Crippen LogP contribution in [0.2, 0.25) is 0 Å². The smallest absolute Gasteiger partial charge is 0.247 e. The van der Waals surface area contributed by atoms with Gasteiger partial charge in [0, 0.05) is 6.07 Å². The maximum absolute atomic E-state index is 12.1. The van der Waals surface area contributed by atoms with E-state index >= 15 is 0 Å². The summed E-state index contributed by atoms with van der Waals surface area (Å²) in [4.78, 5) is 26.2. The van der Waals surface area contributed by atoms with Crippen LogP contribution in [-0.4, -0.2) is 16.5 Å². The van der Waals surface area contributed by atoms with Crippen LogP contribution in [0.1, 0.15) is 0 Å². The molecule has 0 unspecified atom stereocenters. The van der Waals surface area contributed by atoms with Gasteiger partial charge in [-0.3, -0.25) is 0 Å². The number of fused-ring (bicyclic) bond motifs is 1. The molecule has 5 nitrogen and oxygen atoms in total. The molecule has 8 heteroatoms. The van der Waals surface area contributed by atoms with Crippen LogP contribution in [0.4, 0.5) is 13.2 Å². The van der Waals surface area contributed by atoms with Crippen molar-refractivity contribution in [1.29, 1.82) is 0 Å². The Kier molecular flexibility index (Phi) is 2.77. The first-order chi connectivity index (χ1) is 8.39. The van der Waals surface area contributed by atoms with Crippen LogP contribution in [0.3, 0.4) is 0 Å². The summed E-state index contributed by atoms with van der Waals surface area (Å²) in [6.07, 6.45) is -2.81. The van der Waals surface area contributed by atoms with Gasteiger partial charge in [0.1, 0.15) is 6.20 Å². The fourth-order valence-corrected chi connectivity index (χ4v) is 1.31. The van der Waals surface area contributed by atoms with Crippen molar-refractivity contribution in [2.75, 3.05) is 0 Å². The summed E-state index contributed by atoms with van der Waals surface area (Å²) in [5.74, 6) is -2.36. The van der Waals surface area contributed by atoms with Crippen molar-refractivity contribution in [2.45, 2.75) is 6.18 Å². The van der Waals surface area contributed by atoms with E-state index in [1.165, 1.54) is 24.4 Å². The minimum Gasteiger partial charge on any atom is -0.247 e. The molecule has 0 spiro atoms. The minimum absolute atomic E-state index is 0.00241. The first kappa shape index (κ1) is 12.1. The summed E-state index contributed by atoms with van der Waals surface area (Å²) in [7, 11) is 0. The number of pyridine rings is 1. The Morgan fingerprint density at radius 2 is 2.00 bits per heavy atom. The number of rotatable bonds is 1. The number of hydrogen-bond donors (Lipinski definition) is 0. The van der Waals surface area contributed by atoms with E-state index in [4.69, 9.17) is 0 Å². The van der Waals surface area contributed by atoms with E-state index in [-0.39, 0.29) is 5.65 Å². The Morgan fingerprint density at radius 1 is 1.28 bits per heavy atom. The number of aromatic nitrogens is 2. The average Bonchev–Trinajstić information content (AvgIpc) is 2.32. The maximum atomic E-state index is 12.1. The number of hydrogen-bond acceptors (Lipinski definition) is 3. The van der Waals surface area contributed by atoms with Crippen LogP contribution in [0.15, 0.2) is 41.5 Å². The second kappa shape index (κ2) is 4.13. The van der Waals surface area contributed by atoms with Gasteiger partial charge >= 0.3 is 23.4 Å². The predicted molar refractivity (Wildman–Crippen MR) is 51.5 cm³/mol. The molecule has 0 radical (unpaired) electrons. The zero-order valence-corrected chi connectivity index (χ0v) is 8.72. The largest absolute Gasteiger partial charge is 0.495 e. The zero-order chi connectivity index (χ0) is 13.3. The molecule has 0 aliphatic rings. The fraction of sp³-hybridized carbons (Fsp3) is 0.100. The second-order valence-corrected chi connectivity index (χ2v) is 3.29. The first-order valence-corrected chi connectivity index (χ1v) is 4.71. The van der Waals surface area contributed by atoms with Crippen molar-refractivity contribution in [3.05, 3.63) is 47.0 Å². The molecule has 0 atom stereocenters. The standard InChI is InChI=1S/C10H6F3N2O3/c11-10(12,13)9(17)18-15-6-4-8(16)14-5-2-1-3-7(14)15/h1-6H/q+1. The number of alkyl halides is 3. The summed E-state index contributed by atoms with van der Waals surface area (Å²) >= 11 is 0. The van der Waals surface area contributed by atoms with Crippen LogP contribution in [-0.2, 0) is 4.79 Å². The van der Waals surface area contributed by atoms with Gasteiger partial charge in [-0.15, -0.1) is 0 Å². The molecule has 2 aromatic rings. The Hall–Kier alpha value is -2.38. The van der Waals surface area contributed by atoms with Crippen LogP contribution < -0.4 is 15.1 Å². The molecule has 0 aromatic carbocycles. The molecule has 0 saturated heterocycles. The molecule has 0 fully saturated rings. The zero-order valence-electron chi connectivity index (χ0n) is 8.72. The van der Waals surface area contributed by atoms with E-state index in [0.717, 1.165) is 16.7 Å². The normalized spacial score (nSPS) is 11.5. The van der Waals surface area contributed by atoms with Gasteiger partial charge in [0.15, 0.2) is 0 Å². The van der Waals surface area contributed by atoms with Crippen molar-refractivity contribution >= 4 is 11.6 Å². The molecule has 94 valence electrons. The lowest BCUT2D eigenvalue weighted by Crippen LogP contribution is -2.52. The summed E-state index contributed by atoms with van der Waals surface area (Å²) in [5.41, 5.74) is -0.451. The Morgan fingerprint density at radius 3 is 2.67 bits per heavy atom. The Balaban J connectivity index is 2.50. The van der Waals surface area contributed by atoms with Gasteiger partial charge in [0.05, 0.1) is 12.3 Å². The second-order valence-electron chi connectivity index (χ2n) is 3.29. The molecule has 2 rings (SSSR count). The number of halogens is 3. The van der Waals surface area contributed by atoms with Crippen LogP contribution in [0, 0.1) is 0 Å². The summed E-state index contributed by atoms with van der Waals surface area (Å²) in [6.45, 7) is 0. The lowest BCUT2D eigenvalue weighted by atomic mass is 10.4. The van der Waals surface area contributed by atoms with Gasteiger partial charge in [-0.25, -0.2) is 14.4 Å². The highest BCUT2D eigenvalue weighted by Gasteiger charge is 2.43. The van der Waals surface area contributed by atoms with Crippen LogP contribution >= 0.6 is 0 Å². The minimum atomic E-state index is -5.10. The SMILES string of the molecule is O=C(O[n+]1ccc(=O)n2ccccc21)C(F)(F)F. The van der Waals surface area contributed by atoms with Gasteiger partial charge in [-0.05, 0) is 10.8 Å². The molecular formula is C10H6F3N2O3+. The highest BCUT2D eigenvalue weighted by atomic mass is 19.4. The van der Waals surface area contributed by atoms with E-state index in [0.29, 0.717) is 4.73 Å². The van der Waals surface area contributed by atoms with Crippen molar-refractivity contribution in [3.63, 3.8) is 0 Å². The molecule has 0 aliphatic heterocycles. The molecule has 0 aliphatic carbocycles. The van der Waals surface area contributed by atoms with Crippen molar-refractivity contribution in [3.8, 4) is 0 Å². The molecule has 0 bridgehead atoms. The van der Waals surface area contributed by atoms with Gasteiger partial charge < -0.3 is 0 Å². The quantitative estimate of drug-likeness (QED) is 0.683. The van der Waals surface area contributed by atoms with Gasteiger partial charge in [-0.1, -0.05) is 6.07 Å². The van der Waals surface area contributed by atoms with Crippen molar-refractivity contribution < 1.29 is 27.5 Å². The predicted octanol–water partition coefficient (Wildman–Crippen LogP) is 0.104. The number of nitrogens with zero attached hydrogens (tertiary/aromatic N) is 2. The molecule has 0 N–H and O–H groups in total. The van der Waals surface area contributed by atoms with Crippen molar-refractivity contribution in [1.82, 2.24) is 4.40 Å². The molecular weight excluding hydrogens is 253 g/mol. The highest BCUT2D eigenvalue weighted by Crippen LogP contribution is 2.14. The topological polar surface area (TPSA) is 51.7 Å². The molecule has 18 heavy (non-hydrogen) atoms. The molecule has 0 saturated carbocycles. The molecule has 2 heterocycles. The highest BCUT2D eigenvalue weighted by molar-refractivity contribution is 5.75. The molecule has 2 aromatic heterocycles. The van der Waals surface area contributed by atoms with E-state index < -0.39 is 17.7 Å². The third-order valence-corrected chi connectivity index (χ3v) is 2.07. The van der Waals surface area contributed by atoms with E-state index in [9.17, 15) is 22.8 Å².